The summed E-state index contributed by atoms with van der Waals surface area (Å²) in [5, 5.41) is 0.483. The van der Waals surface area contributed by atoms with Crippen LogP contribution in [0.25, 0.3) is 38.9 Å². The second-order valence-corrected chi connectivity index (χ2v) is 7.92. The Morgan fingerprint density at radius 2 is 1.47 bits per heavy atom. The van der Waals surface area contributed by atoms with Gasteiger partial charge in [0.1, 0.15) is 17.2 Å². The summed E-state index contributed by atoms with van der Waals surface area (Å²) < 4.78 is 3.56. The zero-order valence-electron chi connectivity index (χ0n) is 17.4. The molecule has 0 atom stereocenters. The molecule has 154 valence electrons. The second kappa shape index (κ2) is 7.13. The Bertz CT molecular complexity index is 1660. The van der Waals surface area contributed by atoms with E-state index in [0.29, 0.717) is 28.7 Å². The van der Waals surface area contributed by atoms with Gasteiger partial charge in [-0.3, -0.25) is 13.9 Å². The van der Waals surface area contributed by atoms with Crippen molar-refractivity contribution in [1.82, 2.24) is 24.1 Å². The average molecular weight is 417 g/mol. The number of hydrogen-bond acceptors (Lipinski definition) is 4. The summed E-state index contributed by atoms with van der Waals surface area (Å²) in [5.74, 6) is 0. The standard InChI is InChI=1S/C26H19N5O/c1-17-11-13-18(14-12-17)15-30-16-27-24-22(26(30)32)23-25(31(24)19-7-3-2-4-8-19)29-21-10-6-5-9-20(21)28-23/h2-14,16H,15H2,1H3. The van der Waals surface area contributed by atoms with Crippen molar-refractivity contribution in [1.29, 1.82) is 0 Å². The molecule has 0 spiro atoms. The van der Waals surface area contributed by atoms with E-state index in [0.717, 1.165) is 22.3 Å². The summed E-state index contributed by atoms with van der Waals surface area (Å²) >= 11 is 0. The van der Waals surface area contributed by atoms with Crippen molar-refractivity contribution in [2.75, 3.05) is 0 Å². The molecule has 6 aromatic rings. The summed E-state index contributed by atoms with van der Waals surface area (Å²) in [6.45, 7) is 2.49. The topological polar surface area (TPSA) is 65.6 Å². The molecule has 0 aliphatic carbocycles. The van der Waals surface area contributed by atoms with Crippen LogP contribution in [0.1, 0.15) is 11.1 Å². The fourth-order valence-electron chi connectivity index (χ4n) is 4.10. The average Bonchev–Trinajstić information content (AvgIpc) is 3.15. The van der Waals surface area contributed by atoms with Crippen LogP contribution < -0.4 is 5.56 Å². The van der Waals surface area contributed by atoms with E-state index in [1.807, 2.05) is 90.4 Å². The lowest BCUT2D eigenvalue weighted by Crippen LogP contribution is -2.21. The van der Waals surface area contributed by atoms with Gasteiger partial charge in [-0.15, -0.1) is 0 Å². The van der Waals surface area contributed by atoms with E-state index in [2.05, 4.69) is 0 Å². The Morgan fingerprint density at radius 3 is 2.22 bits per heavy atom. The molecular formula is C26H19N5O. The van der Waals surface area contributed by atoms with Gasteiger partial charge in [-0.1, -0.05) is 60.2 Å². The number of benzene rings is 3. The lowest BCUT2D eigenvalue weighted by atomic mass is 10.1. The van der Waals surface area contributed by atoms with Crippen LogP contribution in [0, 0.1) is 6.92 Å². The fraction of sp³-hybridized carbons (Fsp3) is 0.0769. The maximum absolute atomic E-state index is 13.6. The molecule has 3 aromatic carbocycles. The van der Waals surface area contributed by atoms with E-state index in [9.17, 15) is 4.79 Å². The van der Waals surface area contributed by atoms with Crippen molar-refractivity contribution in [2.24, 2.45) is 0 Å². The number of aromatic nitrogens is 5. The molecular weight excluding hydrogens is 398 g/mol. The van der Waals surface area contributed by atoms with Crippen LogP contribution in [0.4, 0.5) is 0 Å². The Labute approximate surface area is 183 Å². The summed E-state index contributed by atoms with van der Waals surface area (Å²) in [6, 6.07) is 25.7. The first-order valence-electron chi connectivity index (χ1n) is 10.5. The van der Waals surface area contributed by atoms with Gasteiger partial charge in [0.25, 0.3) is 5.56 Å². The zero-order valence-corrected chi connectivity index (χ0v) is 17.4. The highest BCUT2D eigenvalue weighted by molar-refractivity contribution is 6.05. The minimum Gasteiger partial charge on any atom is -0.294 e. The van der Waals surface area contributed by atoms with E-state index < -0.39 is 0 Å². The molecule has 0 aliphatic rings. The molecule has 0 bridgehead atoms. The monoisotopic (exact) mass is 417 g/mol. The largest absolute Gasteiger partial charge is 0.294 e. The smallest absolute Gasteiger partial charge is 0.265 e. The third-order valence-electron chi connectivity index (χ3n) is 5.72. The highest BCUT2D eigenvalue weighted by Gasteiger charge is 2.20. The number of hydrogen-bond donors (Lipinski definition) is 0. The Morgan fingerprint density at radius 1 is 0.781 bits per heavy atom. The molecule has 3 aromatic heterocycles. The van der Waals surface area contributed by atoms with Crippen molar-refractivity contribution < 1.29 is 0 Å². The van der Waals surface area contributed by atoms with Gasteiger partial charge in [0.15, 0.2) is 11.3 Å². The summed E-state index contributed by atoms with van der Waals surface area (Å²) in [4.78, 5) is 28.0. The first-order valence-corrected chi connectivity index (χ1v) is 10.5. The van der Waals surface area contributed by atoms with Crippen molar-refractivity contribution in [3.8, 4) is 5.69 Å². The van der Waals surface area contributed by atoms with E-state index in [1.54, 1.807) is 10.9 Å². The molecule has 0 aliphatic heterocycles. The third-order valence-corrected chi connectivity index (χ3v) is 5.72. The van der Waals surface area contributed by atoms with Crippen molar-refractivity contribution >= 4 is 33.2 Å². The highest BCUT2D eigenvalue weighted by Crippen LogP contribution is 2.28. The van der Waals surface area contributed by atoms with Crippen LogP contribution in [0.3, 0.4) is 0 Å². The normalized spacial score (nSPS) is 11.5. The van der Waals surface area contributed by atoms with Gasteiger partial charge in [0, 0.05) is 5.69 Å². The number of rotatable bonds is 3. The second-order valence-electron chi connectivity index (χ2n) is 7.92. The predicted molar refractivity (Wildman–Crippen MR) is 126 cm³/mol. The molecule has 0 saturated carbocycles. The molecule has 0 fully saturated rings. The number of nitrogens with zero attached hydrogens (tertiary/aromatic N) is 5. The van der Waals surface area contributed by atoms with Crippen LogP contribution in [0.2, 0.25) is 0 Å². The lowest BCUT2D eigenvalue weighted by molar-refractivity contribution is 0.746. The molecule has 0 unspecified atom stereocenters. The molecule has 6 rings (SSSR count). The lowest BCUT2D eigenvalue weighted by Gasteiger charge is -2.08. The Balaban J connectivity index is 1.67. The molecule has 6 heteroatoms. The van der Waals surface area contributed by atoms with Crippen molar-refractivity contribution in [3.05, 3.63) is 107 Å². The van der Waals surface area contributed by atoms with Crippen LogP contribution in [0.5, 0.6) is 0 Å². The quantitative estimate of drug-likeness (QED) is 0.421. The van der Waals surface area contributed by atoms with Crippen LogP contribution >= 0.6 is 0 Å². The van der Waals surface area contributed by atoms with Crippen molar-refractivity contribution in [3.63, 3.8) is 0 Å². The van der Waals surface area contributed by atoms with Gasteiger partial charge in [0.2, 0.25) is 0 Å². The first kappa shape index (κ1) is 18.4. The van der Waals surface area contributed by atoms with Crippen LogP contribution in [0.15, 0.2) is 90.0 Å². The van der Waals surface area contributed by atoms with Crippen LogP contribution in [-0.4, -0.2) is 24.1 Å². The molecule has 0 N–H and O–H groups in total. The van der Waals surface area contributed by atoms with Gasteiger partial charge < -0.3 is 0 Å². The van der Waals surface area contributed by atoms with Gasteiger partial charge >= 0.3 is 0 Å². The van der Waals surface area contributed by atoms with E-state index in [-0.39, 0.29) is 5.56 Å². The first-order chi connectivity index (χ1) is 15.7. The SMILES string of the molecule is Cc1ccc(Cn2cnc3c(c2=O)c2nc4ccccc4nc2n3-c2ccccc2)cc1. The van der Waals surface area contributed by atoms with Gasteiger partial charge in [-0.25, -0.2) is 15.0 Å². The highest BCUT2D eigenvalue weighted by atomic mass is 16.1. The maximum Gasteiger partial charge on any atom is 0.265 e. The molecule has 0 amide bonds. The van der Waals surface area contributed by atoms with E-state index in [4.69, 9.17) is 15.0 Å². The number of para-hydroxylation sites is 3. The summed E-state index contributed by atoms with van der Waals surface area (Å²) in [7, 11) is 0. The molecule has 0 radical (unpaired) electrons. The zero-order chi connectivity index (χ0) is 21.7. The molecule has 32 heavy (non-hydrogen) atoms. The predicted octanol–water partition coefficient (Wildman–Crippen LogP) is 4.64. The molecule has 0 saturated heterocycles. The summed E-state index contributed by atoms with van der Waals surface area (Å²) in [6.07, 6.45) is 1.61. The van der Waals surface area contributed by atoms with Gasteiger partial charge in [-0.05, 0) is 36.8 Å². The Hall–Kier alpha value is -4.32. The maximum atomic E-state index is 13.6. The number of fused-ring (bicyclic) bond motifs is 4. The van der Waals surface area contributed by atoms with E-state index in [1.165, 1.54) is 5.56 Å². The molecule has 6 nitrogen and oxygen atoms in total. The van der Waals surface area contributed by atoms with Crippen LogP contribution in [-0.2, 0) is 6.54 Å². The van der Waals surface area contributed by atoms with Crippen molar-refractivity contribution in [2.45, 2.75) is 13.5 Å². The minimum absolute atomic E-state index is 0.125. The fourth-order valence-corrected chi connectivity index (χ4v) is 4.10. The Kier molecular flexibility index (Phi) is 4.11. The minimum atomic E-state index is -0.125. The summed E-state index contributed by atoms with van der Waals surface area (Å²) in [5.41, 5.74) is 6.28. The van der Waals surface area contributed by atoms with Gasteiger partial charge in [0.05, 0.1) is 17.6 Å². The molecule has 3 heterocycles. The number of aryl methyl sites for hydroxylation is 1. The van der Waals surface area contributed by atoms with E-state index >= 15 is 0 Å². The third kappa shape index (κ3) is 2.88. The van der Waals surface area contributed by atoms with Gasteiger partial charge in [-0.2, -0.15) is 0 Å².